The first-order chi connectivity index (χ1) is 8.93. The van der Waals surface area contributed by atoms with Crippen LogP contribution in [0, 0.1) is 17.0 Å². The molecule has 0 fully saturated rings. The van der Waals surface area contributed by atoms with E-state index >= 15 is 0 Å². The number of hydrogen-bond donors (Lipinski definition) is 2. The standard InChI is InChI=1S/C12H15N3O4/c1-8-10(5-3-4-6-13-9(2)16)7-14-12(17)11(8)15(18)19/h3,5,7H,4,6H2,1-2H3,(H,13,16)(H,14,17). The second kappa shape index (κ2) is 6.48. The molecule has 2 N–H and O–H groups in total. The number of H-pyrrole nitrogens is 1. The molecule has 0 spiro atoms. The summed E-state index contributed by atoms with van der Waals surface area (Å²) in [6, 6.07) is 0. The van der Waals surface area contributed by atoms with Crippen LogP contribution < -0.4 is 10.9 Å². The van der Waals surface area contributed by atoms with E-state index in [2.05, 4.69) is 10.3 Å². The molecule has 0 atom stereocenters. The van der Waals surface area contributed by atoms with Crippen LogP contribution in [0.4, 0.5) is 5.69 Å². The van der Waals surface area contributed by atoms with E-state index in [9.17, 15) is 19.7 Å². The van der Waals surface area contributed by atoms with Crippen molar-refractivity contribution in [2.45, 2.75) is 20.3 Å². The van der Waals surface area contributed by atoms with Gasteiger partial charge < -0.3 is 10.3 Å². The lowest BCUT2D eigenvalue weighted by atomic mass is 10.1. The molecule has 1 rings (SSSR count). The summed E-state index contributed by atoms with van der Waals surface area (Å²) in [6.07, 6.45) is 5.49. The second-order valence-electron chi connectivity index (χ2n) is 3.98. The Bertz CT molecular complexity index is 575. The number of aromatic nitrogens is 1. The van der Waals surface area contributed by atoms with Gasteiger partial charge in [-0.3, -0.25) is 19.7 Å². The third kappa shape index (κ3) is 4.06. The molecule has 7 heteroatoms. The van der Waals surface area contributed by atoms with Crippen LogP contribution >= 0.6 is 0 Å². The average Bonchev–Trinajstić information content (AvgIpc) is 2.30. The second-order valence-corrected chi connectivity index (χ2v) is 3.98. The van der Waals surface area contributed by atoms with Crippen LogP contribution in [0.15, 0.2) is 17.1 Å². The molecule has 1 heterocycles. The summed E-state index contributed by atoms with van der Waals surface area (Å²) in [6.45, 7) is 3.45. The maximum atomic E-state index is 11.3. The zero-order valence-electron chi connectivity index (χ0n) is 10.7. The van der Waals surface area contributed by atoms with Gasteiger partial charge in [-0.15, -0.1) is 0 Å². The van der Waals surface area contributed by atoms with Gasteiger partial charge in [0.15, 0.2) is 0 Å². The van der Waals surface area contributed by atoms with Crippen LogP contribution in [0.2, 0.25) is 0 Å². The fraction of sp³-hybridized carbons (Fsp3) is 0.333. The molecule has 0 bridgehead atoms. The summed E-state index contributed by atoms with van der Waals surface area (Å²) in [4.78, 5) is 34.4. The number of pyridine rings is 1. The number of rotatable bonds is 5. The quantitative estimate of drug-likeness (QED) is 0.473. The lowest BCUT2D eigenvalue weighted by Gasteiger charge is -2.01. The molecule has 102 valence electrons. The first-order valence-corrected chi connectivity index (χ1v) is 5.71. The Morgan fingerprint density at radius 3 is 2.84 bits per heavy atom. The maximum Gasteiger partial charge on any atom is 0.337 e. The van der Waals surface area contributed by atoms with Gasteiger partial charge in [0.2, 0.25) is 5.91 Å². The molecule has 0 aromatic carbocycles. The van der Waals surface area contributed by atoms with Gasteiger partial charge in [0, 0.05) is 30.8 Å². The van der Waals surface area contributed by atoms with Crippen LogP contribution in [0.3, 0.4) is 0 Å². The molecule has 7 nitrogen and oxygen atoms in total. The maximum absolute atomic E-state index is 11.3. The summed E-state index contributed by atoms with van der Waals surface area (Å²) >= 11 is 0. The van der Waals surface area contributed by atoms with Crippen LogP contribution in [-0.4, -0.2) is 22.4 Å². The number of hydrogen-bond acceptors (Lipinski definition) is 4. The molecule has 0 radical (unpaired) electrons. The molecular weight excluding hydrogens is 250 g/mol. The molecule has 1 amide bonds. The molecule has 1 aromatic heterocycles. The van der Waals surface area contributed by atoms with E-state index in [-0.39, 0.29) is 5.91 Å². The van der Waals surface area contributed by atoms with Crippen LogP contribution in [0.5, 0.6) is 0 Å². The minimum atomic E-state index is -0.710. The molecule has 0 aliphatic carbocycles. The van der Waals surface area contributed by atoms with Crippen molar-refractivity contribution in [2.24, 2.45) is 0 Å². The van der Waals surface area contributed by atoms with E-state index in [1.54, 1.807) is 12.2 Å². The highest BCUT2D eigenvalue weighted by molar-refractivity contribution is 5.72. The fourth-order valence-electron chi connectivity index (χ4n) is 1.56. The minimum Gasteiger partial charge on any atom is -0.356 e. The van der Waals surface area contributed by atoms with Crippen molar-refractivity contribution in [1.82, 2.24) is 10.3 Å². The molecule has 0 saturated carbocycles. The van der Waals surface area contributed by atoms with E-state index in [0.29, 0.717) is 24.1 Å². The lowest BCUT2D eigenvalue weighted by molar-refractivity contribution is -0.386. The van der Waals surface area contributed by atoms with E-state index < -0.39 is 16.2 Å². The lowest BCUT2D eigenvalue weighted by Crippen LogP contribution is -2.20. The van der Waals surface area contributed by atoms with Gasteiger partial charge in [-0.2, -0.15) is 0 Å². The minimum absolute atomic E-state index is 0.107. The highest BCUT2D eigenvalue weighted by Gasteiger charge is 2.17. The Hall–Kier alpha value is -2.44. The van der Waals surface area contributed by atoms with Crippen LogP contribution in [0.1, 0.15) is 24.5 Å². The Balaban J connectivity index is 2.82. The highest BCUT2D eigenvalue weighted by Crippen LogP contribution is 2.16. The SMILES string of the molecule is CC(=O)NCCC=Cc1c[nH]c(=O)c([N+](=O)[O-])c1C. The third-order valence-electron chi connectivity index (χ3n) is 2.53. The summed E-state index contributed by atoms with van der Waals surface area (Å²) in [5, 5.41) is 13.4. The number of carbonyl (C=O) groups excluding carboxylic acids is 1. The Morgan fingerprint density at radius 2 is 2.26 bits per heavy atom. The van der Waals surface area contributed by atoms with E-state index in [1.807, 2.05) is 0 Å². The number of amides is 1. The summed E-state index contributed by atoms with van der Waals surface area (Å²) < 4.78 is 0. The van der Waals surface area contributed by atoms with Gasteiger partial charge in [0.1, 0.15) is 0 Å². The number of nitrogens with one attached hydrogen (secondary N) is 2. The number of nitro groups is 1. The normalized spacial score (nSPS) is 10.6. The van der Waals surface area contributed by atoms with Crippen LogP contribution in [-0.2, 0) is 4.79 Å². The van der Waals surface area contributed by atoms with E-state index in [1.165, 1.54) is 20.0 Å². The Morgan fingerprint density at radius 1 is 1.58 bits per heavy atom. The topological polar surface area (TPSA) is 105 Å². The van der Waals surface area contributed by atoms with Gasteiger partial charge in [0.25, 0.3) is 0 Å². The van der Waals surface area contributed by atoms with Crippen molar-refractivity contribution in [1.29, 1.82) is 0 Å². The van der Waals surface area contributed by atoms with Crippen molar-refractivity contribution in [3.63, 3.8) is 0 Å². The number of aromatic amines is 1. The molecule has 0 aliphatic heterocycles. The van der Waals surface area contributed by atoms with Crippen molar-refractivity contribution in [2.75, 3.05) is 6.54 Å². The zero-order chi connectivity index (χ0) is 14.4. The predicted octanol–water partition coefficient (Wildman–Crippen LogP) is 1.13. The van der Waals surface area contributed by atoms with Crippen molar-refractivity contribution < 1.29 is 9.72 Å². The Labute approximate surface area is 109 Å². The smallest absolute Gasteiger partial charge is 0.337 e. The predicted molar refractivity (Wildman–Crippen MR) is 70.8 cm³/mol. The molecule has 0 unspecified atom stereocenters. The van der Waals surface area contributed by atoms with E-state index in [0.717, 1.165) is 0 Å². The first kappa shape index (κ1) is 14.6. The zero-order valence-corrected chi connectivity index (χ0v) is 10.7. The monoisotopic (exact) mass is 265 g/mol. The van der Waals surface area contributed by atoms with E-state index in [4.69, 9.17) is 0 Å². The summed E-state index contributed by atoms with van der Waals surface area (Å²) in [7, 11) is 0. The van der Waals surface area contributed by atoms with Gasteiger partial charge in [0.05, 0.1) is 4.92 Å². The largest absolute Gasteiger partial charge is 0.356 e. The van der Waals surface area contributed by atoms with Crippen molar-refractivity contribution in [3.8, 4) is 0 Å². The first-order valence-electron chi connectivity index (χ1n) is 5.71. The van der Waals surface area contributed by atoms with Crippen LogP contribution in [0.25, 0.3) is 6.08 Å². The van der Waals surface area contributed by atoms with Gasteiger partial charge in [-0.25, -0.2) is 0 Å². The van der Waals surface area contributed by atoms with Gasteiger partial charge in [-0.1, -0.05) is 12.2 Å². The fourth-order valence-corrected chi connectivity index (χ4v) is 1.56. The molecule has 0 aliphatic rings. The molecule has 0 saturated heterocycles. The Kier molecular flexibility index (Phi) is 4.99. The summed E-state index contributed by atoms with van der Waals surface area (Å²) in [5.41, 5.74) is -0.249. The number of nitrogens with zero attached hydrogens (tertiary/aromatic N) is 1. The third-order valence-corrected chi connectivity index (χ3v) is 2.53. The van der Waals surface area contributed by atoms with Crippen molar-refractivity contribution in [3.05, 3.63) is 43.9 Å². The highest BCUT2D eigenvalue weighted by atomic mass is 16.6. The van der Waals surface area contributed by atoms with Gasteiger partial charge in [-0.05, 0) is 13.3 Å². The average molecular weight is 265 g/mol. The summed E-state index contributed by atoms with van der Waals surface area (Å²) in [5.74, 6) is -0.107. The molecule has 19 heavy (non-hydrogen) atoms. The number of carbonyl (C=O) groups is 1. The van der Waals surface area contributed by atoms with Gasteiger partial charge >= 0.3 is 11.2 Å². The van der Waals surface area contributed by atoms with Crippen molar-refractivity contribution >= 4 is 17.7 Å². The molecule has 1 aromatic rings. The molecular formula is C12H15N3O4.